The van der Waals surface area contributed by atoms with Gasteiger partial charge in [-0.1, -0.05) is 32.4 Å². The minimum absolute atomic E-state index is 0.256. The Bertz CT molecular complexity index is 1150. The Hall–Kier alpha value is -2.83. The largest absolute Gasteiger partial charge is 0.332 e. The number of imidazole rings is 1. The van der Waals surface area contributed by atoms with Crippen molar-refractivity contribution in [3.05, 3.63) is 50.7 Å². The quantitative estimate of drug-likeness (QED) is 0.666. The number of unbranched alkanes of at least 4 members (excludes halogenated alkanes) is 1. The van der Waals surface area contributed by atoms with Crippen molar-refractivity contribution in [3.63, 3.8) is 0 Å². The molecule has 0 saturated carbocycles. The van der Waals surface area contributed by atoms with Crippen LogP contribution in [0.4, 0.5) is 11.6 Å². The van der Waals surface area contributed by atoms with Gasteiger partial charge in [0.1, 0.15) is 0 Å². The maximum absolute atomic E-state index is 13.0. The number of anilines is 2. The number of rotatable bonds is 5. The molecule has 1 aliphatic rings. The van der Waals surface area contributed by atoms with E-state index in [1.165, 1.54) is 27.5 Å². The Morgan fingerprint density at radius 2 is 1.83 bits per heavy atom. The van der Waals surface area contributed by atoms with Gasteiger partial charge in [-0.05, 0) is 43.4 Å². The van der Waals surface area contributed by atoms with E-state index in [1.807, 2.05) is 11.5 Å². The van der Waals surface area contributed by atoms with Crippen LogP contribution in [0.3, 0.4) is 0 Å². The first-order chi connectivity index (χ1) is 14.0. The van der Waals surface area contributed by atoms with E-state index in [0.717, 1.165) is 24.6 Å². The number of aryl methyl sites for hydroxylation is 2. The summed E-state index contributed by atoms with van der Waals surface area (Å²) in [6, 6.07) is 8.63. The summed E-state index contributed by atoms with van der Waals surface area (Å²) in [5, 5.41) is 0. The minimum Gasteiger partial charge on any atom is -0.312 e. The molecule has 29 heavy (non-hydrogen) atoms. The summed E-state index contributed by atoms with van der Waals surface area (Å²) < 4.78 is 4.76. The van der Waals surface area contributed by atoms with Crippen molar-refractivity contribution < 1.29 is 0 Å². The third-order valence-corrected chi connectivity index (χ3v) is 5.83. The summed E-state index contributed by atoms with van der Waals surface area (Å²) in [6.07, 6.45) is 3.46. The van der Waals surface area contributed by atoms with E-state index >= 15 is 0 Å². The molecule has 0 radical (unpaired) electrons. The molecule has 3 heterocycles. The van der Waals surface area contributed by atoms with Crippen LogP contribution in [0.15, 0.2) is 33.9 Å². The van der Waals surface area contributed by atoms with E-state index in [0.29, 0.717) is 30.2 Å². The molecule has 1 atom stereocenters. The van der Waals surface area contributed by atoms with Crippen molar-refractivity contribution in [2.75, 3.05) is 11.4 Å². The fourth-order valence-corrected chi connectivity index (χ4v) is 4.22. The molecule has 154 valence electrons. The lowest BCUT2D eigenvalue weighted by molar-refractivity contribution is 0.458. The highest BCUT2D eigenvalue weighted by atomic mass is 16.2. The van der Waals surface area contributed by atoms with Gasteiger partial charge in [0.25, 0.3) is 5.56 Å². The average Bonchev–Trinajstić information content (AvgIpc) is 3.10. The lowest BCUT2D eigenvalue weighted by Gasteiger charge is -2.33. The Kier molecular flexibility index (Phi) is 5.06. The van der Waals surface area contributed by atoms with Crippen LogP contribution in [0, 0.1) is 5.92 Å². The normalized spacial score (nSPS) is 16.4. The number of aromatic nitrogens is 4. The molecule has 0 amide bonds. The van der Waals surface area contributed by atoms with Crippen LogP contribution >= 0.6 is 0 Å². The fourth-order valence-electron chi connectivity index (χ4n) is 4.22. The Morgan fingerprint density at radius 3 is 2.48 bits per heavy atom. The van der Waals surface area contributed by atoms with Crippen LogP contribution in [0.5, 0.6) is 0 Å². The maximum Gasteiger partial charge on any atom is 0.332 e. The standard InChI is InChI=1S/C22H29N5O2/c1-5-7-8-16-9-11-17(12-10-16)26-13-15(3)14-27-18-19(23-21(26)27)24(4)22(29)25(6-2)20(18)28/h9-12,15H,5-8,13-14H2,1-4H3. The second kappa shape index (κ2) is 7.54. The summed E-state index contributed by atoms with van der Waals surface area (Å²) in [5.74, 6) is 1.09. The van der Waals surface area contributed by atoms with E-state index in [-0.39, 0.29) is 11.2 Å². The maximum atomic E-state index is 13.0. The summed E-state index contributed by atoms with van der Waals surface area (Å²) in [4.78, 5) is 32.5. The van der Waals surface area contributed by atoms with Gasteiger partial charge in [0.2, 0.25) is 5.95 Å². The van der Waals surface area contributed by atoms with Crippen LogP contribution in [0.2, 0.25) is 0 Å². The number of nitrogens with zero attached hydrogens (tertiary/aromatic N) is 5. The highest BCUT2D eigenvalue weighted by molar-refractivity contribution is 5.77. The van der Waals surface area contributed by atoms with E-state index in [9.17, 15) is 9.59 Å². The van der Waals surface area contributed by atoms with Gasteiger partial charge in [0.05, 0.1) is 0 Å². The molecule has 0 N–H and O–H groups in total. The van der Waals surface area contributed by atoms with Gasteiger partial charge in [-0.25, -0.2) is 4.79 Å². The van der Waals surface area contributed by atoms with Crippen molar-refractivity contribution in [1.29, 1.82) is 0 Å². The second-order valence-corrected chi connectivity index (χ2v) is 8.07. The second-order valence-electron chi connectivity index (χ2n) is 8.07. The van der Waals surface area contributed by atoms with Crippen LogP contribution in [-0.4, -0.2) is 25.2 Å². The van der Waals surface area contributed by atoms with E-state index in [1.54, 1.807) is 7.05 Å². The van der Waals surface area contributed by atoms with Crippen molar-refractivity contribution in [2.45, 2.75) is 53.1 Å². The zero-order valence-electron chi connectivity index (χ0n) is 17.7. The third kappa shape index (κ3) is 3.18. The molecule has 0 bridgehead atoms. The van der Waals surface area contributed by atoms with Gasteiger partial charge in [-0.15, -0.1) is 0 Å². The molecule has 7 nitrogen and oxygen atoms in total. The fraction of sp³-hybridized carbons (Fsp3) is 0.500. The lowest BCUT2D eigenvalue weighted by atomic mass is 10.1. The van der Waals surface area contributed by atoms with E-state index < -0.39 is 0 Å². The third-order valence-electron chi connectivity index (χ3n) is 5.83. The first-order valence-electron chi connectivity index (χ1n) is 10.5. The molecule has 3 aromatic rings. The Labute approximate surface area is 170 Å². The average molecular weight is 396 g/mol. The van der Waals surface area contributed by atoms with Crippen molar-refractivity contribution in [2.24, 2.45) is 13.0 Å². The molecule has 0 fully saturated rings. The molecule has 1 unspecified atom stereocenters. The van der Waals surface area contributed by atoms with Crippen LogP contribution < -0.4 is 16.1 Å². The molecule has 1 aliphatic heterocycles. The molecular formula is C22H29N5O2. The molecule has 1 aromatic carbocycles. The summed E-state index contributed by atoms with van der Waals surface area (Å²) >= 11 is 0. The van der Waals surface area contributed by atoms with Crippen molar-refractivity contribution >= 4 is 22.8 Å². The molecular weight excluding hydrogens is 366 g/mol. The van der Waals surface area contributed by atoms with E-state index in [2.05, 4.69) is 43.0 Å². The number of benzene rings is 1. The molecule has 4 rings (SSSR count). The van der Waals surface area contributed by atoms with Crippen molar-refractivity contribution in [1.82, 2.24) is 18.7 Å². The highest BCUT2D eigenvalue weighted by Gasteiger charge is 2.29. The van der Waals surface area contributed by atoms with Gasteiger partial charge < -0.3 is 9.47 Å². The predicted octanol–water partition coefficient (Wildman–Crippen LogP) is 3.05. The Balaban J connectivity index is 1.86. The lowest BCUT2D eigenvalue weighted by Crippen LogP contribution is -2.40. The first-order valence-corrected chi connectivity index (χ1v) is 10.5. The molecule has 0 aliphatic carbocycles. The zero-order chi connectivity index (χ0) is 20.7. The minimum atomic E-state index is -0.319. The van der Waals surface area contributed by atoms with Gasteiger partial charge >= 0.3 is 5.69 Å². The number of hydrogen-bond donors (Lipinski definition) is 0. The molecule has 2 aromatic heterocycles. The number of fused-ring (bicyclic) bond motifs is 3. The highest BCUT2D eigenvalue weighted by Crippen LogP contribution is 2.33. The predicted molar refractivity (Wildman–Crippen MR) is 116 cm³/mol. The van der Waals surface area contributed by atoms with Gasteiger partial charge in [-0.2, -0.15) is 4.98 Å². The number of hydrogen-bond acceptors (Lipinski definition) is 4. The summed E-state index contributed by atoms with van der Waals surface area (Å²) in [5.41, 5.74) is 2.80. The molecule has 0 spiro atoms. The SMILES string of the molecule is CCCCc1ccc(N2CC(C)Cn3c2nc2c3c(=O)n(CC)c(=O)n2C)cc1. The van der Waals surface area contributed by atoms with Crippen molar-refractivity contribution in [3.8, 4) is 0 Å². The van der Waals surface area contributed by atoms with Gasteiger partial charge in [0, 0.05) is 32.4 Å². The topological polar surface area (TPSA) is 65.1 Å². The summed E-state index contributed by atoms with van der Waals surface area (Å²) in [7, 11) is 1.69. The first kappa shape index (κ1) is 19.5. The zero-order valence-corrected chi connectivity index (χ0v) is 17.7. The van der Waals surface area contributed by atoms with Crippen LogP contribution in [0.25, 0.3) is 11.2 Å². The molecule has 7 heteroatoms. The molecule has 0 saturated heterocycles. The Morgan fingerprint density at radius 1 is 1.10 bits per heavy atom. The van der Waals surface area contributed by atoms with Gasteiger partial charge in [-0.3, -0.25) is 13.9 Å². The summed E-state index contributed by atoms with van der Waals surface area (Å²) in [6.45, 7) is 8.09. The smallest absolute Gasteiger partial charge is 0.312 e. The van der Waals surface area contributed by atoms with E-state index in [4.69, 9.17) is 4.98 Å². The van der Waals surface area contributed by atoms with Crippen LogP contribution in [-0.2, 0) is 26.6 Å². The van der Waals surface area contributed by atoms with Gasteiger partial charge in [0.15, 0.2) is 11.2 Å². The monoisotopic (exact) mass is 395 g/mol. The van der Waals surface area contributed by atoms with Crippen LogP contribution in [0.1, 0.15) is 39.2 Å².